The molecule has 0 radical (unpaired) electrons. The van der Waals surface area contributed by atoms with Crippen molar-refractivity contribution in [2.45, 2.75) is 50.9 Å². The van der Waals surface area contributed by atoms with E-state index in [9.17, 15) is 14.0 Å². The first-order valence-corrected chi connectivity index (χ1v) is 14.6. The van der Waals surface area contributed by atoms with E-state index in [2.05, 4.69) is 29.2 Å². The number of amides is 1. The van der Waals surface area contributed by atoms with Crippen LogP contribution in [0.15, 0.2) is 97.1 Å². The second-order valence-corrected chi connectivity index (χ2v) is 11.3. The van der Waals surface area contributed by atoms with Gasteiger partial charge in [-0.2, -0.15) is 0 Å². The van der Waals surface area contributed by atoms with Crippen molar-refractivity contribution < 1.29 is 18.7 Å². The van der Waals surface area contributed by atoms with E-state index in [1.165, 1.54) is 29.9 Å². The monoisotopic (exact) mass is 562 g/mol. The molecule has 1 aliphatic heterocycles. The van der Waals surface area contributed by atoms with Crippen LogP contribution in [0.25, 0.3) is 0 Å². The van der Waals surface area contributed by atoms with Gasteiger partial charge in [0.05, 0.1) is 24.8 Å². The lowest BCUT2D eigenvalue weighted by Gasteiger charge is -2.43. The van der Waals surface area contributed by atoms with Gasteiger partial charge < -0.3 is 9.64 Å². The third-order valence-electron chi connectivity index (χ3n) is 8.87. The van der Waals surface area contributed by atoms with Crippen LogP contribution in [0.1, 0.15) is 56.7 Å². The zero-order valence-corrected chi connectivity index (χ0v) is 24.0. The zero-order chi connectivity index (χ0) is 29.2. The third kappa shape index (κ3) is 5.35. The van der Waals surface area contributed by atoms with Crippen LogP contribution in [0.2, 0.25) is 0 Å². The van der Waals surface area contributed by atoms with Gasteiger partial charge in [-0.25, -0.2) is 9.18 Å². The molecule has 6 rings (SSSR count). The van der Waals surface area contributed by atoms with Crippen molar-refractivity contribution in [3.8, 4) is 0 Å². The molecule has 0 fully saturated rings. The van der Waals surface area contributed by atoms with Gasteiger partial charge in [-0.05, 0) is 72.2 Å². The van der Waals surface area contributed by atoms with E-state index in [0.29, 0.717) is 17.7 Å². The Bertz CT molecular complexity index is 1580. The van der Waals surface area contributed by atoms with Crippen molar-refractivity contribution in [3.63, 3.8) is 0 Å². The number of esters is 1. The Balaban J connectivity index is 1.35. The van der Waals surface area contributed by atoms with Crippen molar-refractivity contribution in [1.29, 1.82) is 0 Å². The molecular formula is C36H35FN2O3. The molecule has 1 amide bonds. The highest BCUT2D eigenvalue weighted by Gasteiger charge is 2.39. The van der Waals surface area contributed by atoms with Gasteiger partial charge >= 0.3 is 5.97 Å². The molecule has 0 spiro atoms. The van der Waals surface area contributed by atoms with Gasteiger partial charge in [-0.3, -0.25) is 9.69 Å². The Hall–Kier alpha value is -4.29. The highest BCUT2D eigenvalue weighted by molar-refractivity contribution is 5.89. The van der Waals surface area contributed by atoms with Crippen LogP contribution in [-0.4, -0.2) is 47.4 Å². The Kier molecular flexibility index (Phi) is 7.90. The maximum absolute atomic E-state index is 14.9. The lowest BCUT2D eigenvalue weighted by atomic mass is 9.86. The van der Waals surface area contributed by atoms with Crippen LogP contribution in [0.4, 0.5) is 4.39 Å². The van der Waals surface area contributed by atoms with E-state index in [0.717, 1.165) is 30.4 Å². The maximum Gasteiger partial charge on any atom is 0.337 e. The second-order valence-electron chi connectivity index (χ2n) is 11.3. The van der Waals surface area contributed by atoms with Crippen LogP contribution in [0.5, 0.6) is 0 Å². The SMILES string of the molecule is COC(=O)c1ccc(C2c3ccccc3CCN2C(C)C(=O)N(Cc2ccccc2F)C2Cc3ccccc3C2)cc1. The first-order chi connectivity index (χ1) is 20.4. The van der Waals surface area contributed by atoms with E-state index < -0.39 is 6.04 Å². The molecule has 0 N–H and O–H groups in total. The summed E-state index contributed by atoms with van der Waals surface area (Å²) in [6, 6.07) is 30.2. The molecule has 2 atom stereocenters. The predicted molar refractivity (Wildman–Crippen MR) is 161 cm³/mol. The number of halogens is 1. The highest BCUT2D eigenvalue weighted by Crippen LogP contribution is 2.37. The van der Waals surface area contributed by atoms with Gasteiger partial charge in [0.2, 0.25) is 5.91 Å². The fourth-order valence-corrected chi connectivity index (χ4v) is 6.63. The van der Waals surface area contributed by atoms with E-state index in [1.54, 1.807) is 24.3 Å². The van der Waals surface area contributed by atoms with Crippen molar-refractivity contribution >= 4 is 11.9 Å². The van der Waals surface area contributed by atoms with E-state index in [-0.39, 0.29) is 36.3 Å². The normalized spacial score (nSPS) is 17.3. The Morgan fingerprint density at radius 3 is 2.17 bits per heavy atom. The van der Waals surface area contributed by atoms with Gasteiger partial charge in [0, 0.05) is 24.7 Å². The first kappa shape index (κ1) is 27.9. The lowest BCUT2D eigenvalue weighted by Crippen LogP contribution is -2.53. The lowest BCUT2D eigenvalue weighted by molar-refractivity contribution is -0.140. The summed E-state index contributed by atoms with van der Waals surface area (Å²) < 4.78 is 19.8. The number of hydrogen-bond donors (Lipinski definition) is 0. The minimum atomic E-state index is -0.459. The standard InChI is InChI=1S/C36H35FN2O3/c1-24(35(40)39(23-30-12-6-8-14-33(30)37)31-21-28-10-3-4-11-29(28)22-31)38-20-19-25-9-5-7-13-32(25)34(38)26-15-17-27(18-16-26)36(41)42-2/h3-18,24,31,34H,19-23H2,1-2H3. The summed E-state index contributed by atoms with van der Waals surface area (Å²) >= 11 is 0. The van der Waals surface area contributed by atoms with Crippen LogP contribution in [0, 0.1) is 5.82 Å². The Morgan fingerprint density at radius 2 is 1.50 bits per heavy atom. The maximum atomic E-state index is 14.9. The largest absolute Gasteiger partial charge is 0.465 e. The molecule has 0 saturated carbocycles. The molecule has 1 aliphatic carbocycles. The van der Waals surface area contributed by atoms with Crippen LogP contribution < -0.4 is 0 Å². The summed E-state index contributed by atoms with van der Waals surface area (Å²) in [7, 11) is 1.37. The molecule has 0 bridgehead atoms. The highest BCUT2D eigenvalue weighted by atomic mass is 19.1. The van der Waals surface area contributed by atoms with E-state index in [4.69, 9.17) is 4.74 Å². The molecule has 6 heteroatoms. The second kappa shape index (κ2) is 11.9. The van der Waals surface area contributed by atoms with Gasteiger partial charge in [-0.1, -0.05) is 78.9 Å². The van der Waals surface area contributed by atoms with Gasteiger partial charge in [0.25, 0.3) is 0 Å². The Labute approximate surface area is 246 Å². The number of hydrogen-bond acceptors (Lipinski definition) is 4. The molecule has 5 nitrogen and oxygen atoms in total. The quantitative estimate of drug-likeness (QED) is 0.254. The van der Waals surface area contributed by atoms with Crippen molar-refractivity contribution in [3.05, 3.63) is 142 Å². The summed E-state index contributed by atoms with van der Waals surface area (Å²) in [5.41, 5.74) is 6.91. The van der Waals surface area contributed by atoms with Gasteiger partial charge in [0.1, 0.15) is 5.82 Å². The van der Waals surface area contributed by atoms with Crippen molar-refractivity contribution in [2.75, 3.05) is 13.7 Å². The predicted octanol–water partition coefficient (Wildman–Crippen LogP) is 6.14. The molecule has 4 aromatic carbocycles. The fraction of sp³-hybridized carbons (Fsp3) is 0.278. The van der Waals surface area contributed by atoms with E-state index >= 15 is 0 Å². The molecule has 1 heterocycles. The van der Waals surface area contributed by atoms with Gasteiger partial charge in [0.15, 0.2) is 0 Å². The summed E-state index contributed by atoms with van der Waals surface area (Å²) in [5, 5.41) is 0. The molecule has 2 unspecified atom stereocenters. The number of benzene rings is 4. The minimum absolute atomic E-state index is 0.00776. The fourth-order valence-electron chi connectivity index (χ4n) is 6.63. The first-order valence-electron chi connectivity index (χ1n) is 14.6. The topological polar surface area (TPSA) is 49.9 Å². The van der Waals surface area contributed by atoms with Crippen LogP contribution >= 0.6 is 0 Å². The zero-order valence-electron chi connectivity index (χ0n) is 24.0. The van der Waals surface area contributed by atoms with Crippen molar-refractivity contribution in [2.24, 2.45) is 0 Å². The molecule has 0 saturated heterocycles. The molecular weight excluding hydrogens is 527 g/mol. The minimum Gasteiger partial charge on any atom is -0.465 e. The molecule has 4 aromatic rings. The summed E-state index contributed by atoms with van der Waals surface area (Å²) in [5.74, 6) is -0.687. The molecule has 214 valence electrons. The summed E-state index contributed by atoms with van der Waals surface area (Å²) in [6.07, 6.45) is 2.33. The average molecular weight is 563 g/mol. The number of ether oxygens (including phenoxy) is 1. The molecule has 2 aliphatic rings. The average Bonchev–Trinajstić information content (AvgIpc) is 3.47. The molecule has 0 aromatic heterocycles. The smallest absolute Gasteiger partial charge is 0.337 e. The van der Waals surface area contributed by atoms with Crippen LogP contribution in [-0.2, 0) is 35.3 Å². The number of fused-ring (bicyclic) bond motifs is 2. The third-order valence-corrected chi connectivity index (χ3v) is 8.87. The number of carbonyl (C=O) groups excluding carboxylic acids is 2. The Morgan fingerprint density at radius 1 is 0.881 bits per heavy atom. The number of rotatable bonds is 7. The van der Waals surface area contributed by atoms with Gasteiger partial charge in [-0.15, -0.1) is 0 Å². The number of nitrogens with zero attached hydrogens (tertiary/aromatic N) is 2. The van der Waals surface area contributed by atoms with Crippen molar-refractivity contribution in [1.82, 2.24) is 9.80 Å². The van der Waals surface area contributed by atoms with E-state index in [1.807, 2.05) is 54.3 Å². The van der Waals surface area contributed by atoms with Crippen LogP contribution in [0.3, 0.4) is 0 Å². The number of carbonyl (C=O) groups is 2. The summed E-state index contributed by atoms with van der Waals surface area (Å²) in [4.78, 5) is 30.8. The number of methoxy groups -OCH3 is 1. The molecule has 42 heavy (non-hydrogen) atoms. The summed E-state index contributed by atoms with van der Waals surface area (Å²) in [6.45, 7) is 2.89.